The van der Waals surface area contributed by atoms with Crippen molar-refractivity contribution in [1.29, 1.82) is 0 Å². The zero-order valence-corrected chi connectivity index (χ0v) is 12.2. The van der Waals surface area contributed by atoms with E-state index in [4.69, 9.17) is 15.1 Å². The van der Waals surface area contributed by atoms with Crippen LogP contribution in [0.5, 0.6) is 0 Å². The SMILES string of the molecule is Cc1ccc(CN(C)c2nc3c(s2)CCCC3N)o1. The number of anilines is 1. The Labute approximate surface area is 117 Å². The minimum atomic E-state index is 0.119. The molecule has 0 radical (unpaired) electrons. The van der Waals surface area contributed by atoms with Gasteiger partial charge < -0.3 is 15.1 Å². The molecular weight excluding hydrogens is 258 g/mol. The summed E-state index contributed by atoms with van der Waals surface area (Å²) in [6.07, 6.45) is 3.35. The van der Waals surface area contributed by atoms with Gasteiger partial charge in [0.25, 0.3) is 0 Å². The van der Waals surface area contributed by atoms with Gasteiger partial charge in [0.15, 0.2) is 5.13 Å². The lowest BCUT2D eigenvalue weighted by atomic mass is 9.99. The van der Waals surface area contributed by atoms with Gasteiger partial charge in [0, 0.05) is 18.0 Å². The summed E-state index contributed by atoms with van der Waals surface area (Å²) < 4.78 is 5.61. The third-order valence-electron chi connectivity index (χ3n) is 3.50. The summed E-state index contributed by atoms with van der Waals surface area (Å²) in [5.74, 6) is 1.92. The van der Waals surface area contributed by atoms with Crippen molar-refractivity contribution in [1.82, 2.24) is 4.98 Å². The van der Waals surface area contributed by atoms with Gasteiger partial charge in [-0.05, 0) is 38.3 Å². The molecule has 1 unspecified atom stereocenters. The predicted octanol–water partition coefficient (Wildman–Crippen LogP) is 3.02. The van der Waals surface area contributed by atoms with E-state index in [1.807, 2.05) is 26.1 Å². The quantitative estimate of drug-likeness (QED) is 0.937. The van der Waals surface area contributed by atoms with Gasteiger partial charge in [0.2, 0.25) is 0 Å². The van der Waals surface area contributed by atoms with Gasteiger partial charge in [-0.15, -0.1) is 11.3 Å². The maximum absolute atomic E-state index is 6.12. The molecule has 2 N–H and O–H groups in total. The highest BCUT2D eigenvalue weighted by Crippen LogP contribution is 2.35. The van der Waals surface area contributed by atoms with Crippen LogP contribution in [0.25, 0.3) is 0 Å². The molecule has 4 nitrogen and oxygen atoms in total. The molecule has 0 saturated carbocycles. The van der Waals surface area contributed by atoms with Gasteiger partial charge >= 0.3 is 0 Å². The van der Waals surface area contributed by atoms with E-state index in [1.165, 1.54) is 11.3 Å². The number of thiazole rings is 1. The Balaban J connectivity index is 1.78. The van der Waals surface area contributed by atoms with Crippen LogP contribution in [-0.2, 0) is 13.0 Å². The molecule has 0 spiro atoms. The summed E-state index contributed by atoms with van der Waals surface area (Å²) in [6, 6.07) is 4.13. The second-order valence-electron chi connectivity index (χ2n) is 5.17. The Kier molecular flexibility index (Phi) is 3.33. The molecule has 19 heavy (non-hydrogen) atoms. The Hall–Kier alpha value is -1.33. The molecule has 0 saturated heterocycles. The summed E-state index contributed by atoms with van der Waals surface area (Å²) in [5, 5.41) is 1.04. The fourth-order valence-corrected chi connectivity index (χ4v) is 3.61. The molecule has 0 amide bonds. The van der Waals surface area contributed by atoms with Crippen molar-refractivity contribution in [2.75, 3.05) is 11.9 Å². The second kappa shape index (κ2) is 4.98. The van der Waals surface area contributed by atoms with Crippen molar-refractivity contribution in [2.45, 2.75) is 38.8 Å². The monoisotopic (exact) mass is 277 g/mol. The van der Waals surface area contributed by atoms with Crippen LogP contribution in [0.15, 0.2) is 16.5 Å². The number of fused-ring (bicyclic) bond motifs is 1. The van der Waals surface area contributed by atoms with E-state index >= 15 is 0 Å². The third kappa shape index (κ3) is 2.53. The largest absolute Gasteiger partial charge is 0.464 e. The van der Waals surface area contributed by atoms with E-state index < -0.39 is 0 Å². The second-order valence-corrected chi connectivity index (χ2v) is 6.23. The standard InChI is InChI=1S/C14H19N3OS/c1-9-6-7-10(18-9)8-17(2)14-16-13-11(15)4-3-5-12(13)19-14/h6-7,11H,3-5,8,15H2,1-2H3. The van der Waals surface area contributed by atoms with E-state index in [-0.39, 0.29) is 6.04 Å². The first-order valence-electron chi connectivity index (χ1n) is 6.65. The number of hydrogen-bond donors (Lipinski definition) is 1. The molecule has 5 heteroatoms. The van der Waals surface area contributed by atoms with Crippen LogP contribution in [0, 0.1) is 6.92 Å². The van der Waals surface area contributed by atoms with Crippen molar-refractivity contribution >= 4 is 16.5 Å². The fourth-order valence-electron chi connectivity index (χ4n) is 2.47. The molecule has 0 fully saturated rings. The summed E-state index contributed by atoms with van der Waals surface area (Å²) in [5.41, 5.74) is 7.23. The van der Waals surface area contributed by atoms with Crippen LogP contribution in [0.3, 0.4) is 0 Å². The van der Waals surface area contributed by atoms with E-state index in [2.05, 4.69) is 4.90 Å². The van der Waals surface area contributed by atoms with Crippen LogP contribution in [0.2, 0.25) is 0 Å². The average Bonchev–Trinajstić information content (AvgIpc) is 2.96. The van der Waals surface area contributed by atoms with E-state index in [1.54, 1.807) is 11.3 Å². The molecule has 1 atom stereocenters. The van der Waals surface area contributed by atoms with E-state index in [9.17, 15) is 0 Å². The van der Waals surface area contributed by atoms with Crippen LogP contribution in [-0.4, -0.2) is 12.0 Å². The summed E-state index contributed by atoms with van der Waals surface area (Å²) in [7, 11) is 2.05. The topological polar surface area (TPSA) is 55.3 Å². The van der Waals surface area contributed by atoms with Gasteiger partial charge in [-0.2, -0.15) is 0 Å². The zero-order valence-electron chi connectivity index (χ0n) is 11.3. The van der Waals surface area contributed by atoms with Crippen LogP contribution >= 0.6 is 11.3 Å². The number of nitrogens with two attached hydrogens (primary N) is 1. The lowest BCUT2D eigenvalue weighted by Crippen LogP contribution is -2.18. The number of rotatable bonds is 3. The molecular formula is C14H19N3OS. The fraction of sp³-hybridized carbons (Fsp3) is 0.500. The summed E-state index contributed by atoms with van der Waals surface area (Å²) >= 11 is 1.77. The van der Waals surface area contributed by atoms with Crippen molar-refractivity contribution in [2.24, 2.45) is 5.73 Å². The van der Waals surface area contributed by atoms with Gasteiger partial charge in [-0.3, -0.25) is 0 Å². The normalized spacial score (nSPS) is 18.4. The first-order valence-corrected chi connectivity index (χ1v) is 7.47. The Morgan fingerprint density at radius 2 is 2.37 bits per heavy atom. The molecule has 2 heterocycles. The van der Waals surface area contributed by atoms with Gasteiger partial charge in [-0.1, -0.05) is 0 Å². The molecule has 3 rings (SSSR count). The molecule has 102 valence electrons. The van der Waals surface area contributed by atoms with E-state index in [0.717, 1.165) is 41.7 Å². The van der Waals surface area contributed by atoms with E-state index in [0.29, 0.717) is 0 Å². The maximum atomic E-state index is 6.12. The van der Waals surface area contributed by atoms with Crippen molar-refractivity contribution in [3.8, 4) is 0 Å². The maximum Gasteiger partial charge on any atom is 0.185 e. The first-order chi connectivity index (χ1) is 9.13. The highest BCUT2D eigenvalue weighted by Gasteiger charge is 2.23. The van der Waals surface area contributed by atoms with Gasteiger partial charge in [0.05, 0.1) is 12.2 Å². The lowest BCUT2D eigenvalue weighted by molar-refractivity contribution is 0.481. The Morgan fingerprint density at radius 3 is 3.05 bits per heavy atom. The third-order valence-corrected chi connectivity index (χ3v) is 4.75. The van der Waals surface area contributed by atoms with Gasteiger partial charge in [-0.25, -0.2) is 4.98 Å². The highest BCUT2D eigenvalue weighted by atomic mass is 32.1. The Bertz CT molecular complexity index is 575. The first kappa shape index (κ1) is 12.7. The lowest BCUT2D eigenvalue weighted by Gasteiger charge is -2.16. The molecule has 1 aliphatic carbocycles. The molecule has 0 bridgehead atoms. The molecule has 0 aliphatic heterocycles. The molecule has 0 aromatic carbocycles. The van der Waals surface area contributed by atoms with Crippen LogP contribution in [0.1, 0.15) is 41.0 Å². The van der Waals surface area contributed by atoms with Crippen LogP contribution in [0.4, 0.5) is 5.13 Å². The van der Waals surface area contributed by atoms with Gasteiger partial charge in [0.1, 0.15) is 11.5 Å². The number of aromatic nitrogens is 1. The minimum Gasteiger partial charge on any atom is -0.464 e. The molecule has 1 aliphatic rings. The number of hydrogen-bond acceptors (Lipinski definition) is 5. The molecule has 2 aromatic rings. The highest BCUT2D eigenvalue weighted by molar-refractivity contribution is 7.15. The summed E-state index contributed by atoms with van der Waals surface area (Å²) in [4.78, 5) is 8.20. The Morgan fingerprint density at radius 1 is 1.53 bits per heavy atom. The van der Waals surface area contributed by atoms with Crippen molar-refractivity contribution < 1.29 is 4.42 Å². The average molecular weight is 277 g/mol. The minimum absolute atomic E-state index is 0.119. The smallest absolute Gasteiger partial charge is 0.185 e. The van der Waals surface area contributed by atoms with Crippen molar-refractivity contribution in [3.05, 3.63) is 34.2 Å². The summed E-state index contributed by atoms with van der Waals surface area (Å²) in [6.45, 7) is 2.71. The number of nitrogens with zero attached hydrogens (tertiary/aromatic N) is 2. The predicted molar refractivity (Wildman–Crippen MR) is 77.5 cm³/mol. The number of aryl methyl sites for hydroxylation is 2. The zero-order chi connectivity index (χ0) is 13.4. The van der Waals surface area contributed by atoms with Crippen LogP contribution < -0.4 is 10.6 Å². The number of furan rings is 1. The molecule has 2 aromatic heterocycles. The van der Waals surface area contributed by atoms with Crippen molar-refractivity contribution in [3.63, 3.8) is 0 Å².